The largest absolute Gasteiger partial charge is 0.291 e. The highest BCUT2D eigenvalue weighted by Crippen LogP contribution is 2.88. The molecule has 2 saturated carbocycles. The molecule has 5 aliphatic carbocycles. The molecule has 4 bridgehead atoms. The van der Waals surface area contributed by atoms with E-state index in [1.54, 1.807) is 18.2 Å². The zero-order valence-electron chi connectivity index (χ0n) is 16.0. The fourth-order valence-electron chi connectivity index (χ4n) is 6.97. The van der Waals surface area contributed by atoms with Crippen LogP contribution < -0.4 is 5.48 Å². The molecule has 2 fully saturated rings. The van der Waals surface area contributed by atoms with E-state index in [0.29, 0.717) is 16.8 Å². The van der Waals surface area contributed by atoms with E-state index >= 15 is 0 Å². The van der Waals surface area contributed by atoms with Crippen molar-refractivity contribution in [2.75, 3.05) is 5.48 Å². The highest BCUT2D eigenvalue weighted by atomic mass is 35.5. The summed E-state index contributed by atoms with van der Waals surface area (Å²) in [7, 11) is 0. The van der Waals surface area contributed by atoms with E-state index in [1.807, 2.05) is 0 Å². The summed E-state index contributed by atoms with van der Waals surface area (Å²) >= 11 is 83.4. The molecule has 0 aliphatic heterocycles. The normalized spacial score (nSPS) is 48.9. The first kappa shape index (κ1) is 26.2. The maximum absolute atomic E-state index is 9.61. The van der Waals surface area contributed by atoms with Crippen LogP contribution >= 0.6 is 139 Å². The number of alkyl halides is 8. The van der Waals surface area contributed by atoms with Gasteiger partial charge in [-0.1, -0.05) is 98.9 Å². The summed E-state index contributed by atoms with van der Waals surface area (Å²) in [6.07, 6.45) is 0. The molecule has 0 amide bonds. The van der Waals surface area contributed by atoms with Gasteiger partial charge in [0.15, 0.2) is 8.67 Å². The van der Waals surface area contributed by atoms with E-state index in [1.165, 1.54) is 0 Å². The van der Waals surface area contributed by atoms with Gasteiger partial charge in [-0.25, -0.2) is 0 Å². The van der Waals surface area contributed by atoms with Crippen LogP contribution in [0, 0.1) is 11.8 Å². The molecule has 0 unspecified atom stereocenters. The van der Waals surface area contributed by atoms with Gasteiger partial charge in [-0.15, -0.1) is 46.4 Å². The Balaban J connectivity index is 1.78. The number of benzene rings is 1. The van der Waals surface area contributed by atoms with Gasteiger partial charge in [-0.3, -0.25) is 10.7 Å². The summed E-state index contributed by atoms with van der Waals surface area (Å²) in [6.45, 7) is 0. The number of allylic oxidation sites excluding steroid dienone is 4. The Labute approximate surface area is 254 Å². The van der Waals surface area contributed by atoms with E-state index in [0.717, 1.165) is 0 Å². The van der Waals surface area contributed by atoms with Crippen LogP contribution in [0.2, 0.25) is 0 Å². The van der Waals surface area contributed by atoms with Crippen molar-refractivity contribution in [3.63, 3.8) is 0 Å². The Kier molecular flexibility index (Phi) is 5.52. The third kappa shape index (κ3) is 2.22. The first-order valence-electron chi connectivity index (χ1n) is 9.71. The van der Waals surface area contributed by atoms with Crippen molar-refractivity contribution in [3.8, 4) is 0 Å². The Bertz CT molecular complexity index is 1260. The van der Waals surface area contributed by atoms with Crippen molar-refractivity contribution >= 4 is 145 Å². The van der Waals surface area contributed by atoms with Crippen LogP contribution in [0.3, 0.4) is 0 Å². The van der Waals surface area contributed by atoms with Crippen LogP contribution in [0.5, 0.6) is 0 Å². The number of hydrogen-bond acceptors (Lipinski definition) is 2. The standard InChI is InChI=1S/C20H9Cl12NO/c21-11-13(23)17(27)9-7(15(11,25)19(17,29)30)5-2-1-4(33-34)3-6(5)8-10(9)18(28)14(24)12(22)16(8,26)20(18,31)32/h1-3,7-10,33-34H/t7-,8+,9+,10-,15+,16+,17+,18+/m1/s1. The molecule has 0 radical (unpaired) electrons. The number of anilines is 1. The summed E-state index contributed by atoms with van der Waals surface area (Å²) < 4.78 is -3.76. The fourth-order valence-corrected chi connectivity index (χ4v) is 13.0. The average Bonchev–Trinajstić information content (AvgIpc) is 3.13. The lowest BCUT2D eigenvalue weighted by molar-refractivity contribution is 0.201. The minimum atomic E-state index is -1.89. The van der Waals surface area contributed by atoms with Crippen molar-refractivity contribution in [1.29, 1.82) is 0 Å². The van der Waals surface area contributed by atoms with Crippen molar-refractivity contribution in [3.05, 3.63) is 49.5 Å². The summed E-state index contributed by atoms with van der Waals surface area (Å²) in [4.78, 5) is -6.70. The second kappa shape index (κ2) is 7.17. The zero-order chi connectivity index (χ0) is 25.2. The highest BCUT2D eigenvalue weighted by Gasteiger charge is 2.91. The smallest absolute Gasteiger partial charge is 0.167 e. The van der Waals surface area contributed by atoms with E-state index in [9.17, 15) is 5.21 Å². The molecule has 2 N–H and O–H groups in total. The van der Waals surface area contributed by atoms with Crippen LogP contribution in [-0.4, -0.2) is 33.4 Å². The van der Waals surface area contributed by atoms with Gasteiger partial charge in [0.2, 0.25) is 0 Å². The van der Waals surface area contributed by atoms with E-state index < -0.39 is 51.8 Å². The van der Waals surface area contributed by atoms with Gasteiger partial charge in [-0.2, -0.15) is 0 Å². The molecule has 0 saturated heterocycles. The number of halogens is 12. The molecule has 5 aliphatic rings. The molecule has 0 aromatic heterocycles. The Morgan fingerprint density at radius 3 is 1.38 bits per heavy atom. The fraction of sp³-hybridized carbons (Fsp3) is 0.500. The van der Waals surface area contributed by atoms with Crippen LogP contribution in [0.15, 0.2) is 38.3 Å². The Morgan fingerprint density at radius 1 is 0.588 bits per heavy atom. The molecule has 34 heavy (non-hydrogen) atoms. The van der Waals surface area contributed by atoms with Gasteiger partial charge >= 0.3 is 0 Å². The second-order valence-corrected chi connectivity index (χ2v) is 15.8. The molecule has 14 heteroatoms. The van der Waals surface area contributed by atoms with Crippen LogP contribution in [0.25, 0.3) is 0 Å². The summed E-state index contributed by atoms with van der Waals surface area (Å²) in [5, 5.41) is 9.65. The number of hydrogen-bond donors (Lipinski definition) is 2. The predicted molar refractivity (Wildman–Crippen MR) is 145 cm³/mol. The molecule has 0 spiro atoms. The minimum absolute atomic E-state index is 0.000495. The van der Waals surface area contributed by atoms with Gasteiger partial charge in [0, 0.05) is 23.7 Å². The maximum Gasteiger partial charge on any atom is 0.167 e. The van der Waals surface area contributed by atoms with Crippen molar-refractivity contribution < 1.29 is 5.21 Å². The van der Waals surface area contributed by atoms with E-state index in [4.69, 9.17) is 139 Å². The van der Waals surface area contributed by atoms with Crippen molar-refractivity contribution in [2.24, 2.45) is 11.8 Å². The summed E-state index contributed by atoms with van der Waals surface area (Å²) in [5.74, 6) is -3.01. The molecule has 184 valence electrons. The molecular weight excluding hydrogens is 696 g/mol. The maximum atomic E-state index is 9.61. The lowest BCUT2D eigenvalue weighted by Gasteiger charge is -2.52. The average molecular weight is 705 g/mol. The SMILES string of the molecule is ONc1ccc2c(c1)[C@H]1[C@H]([C@@H]3[C@@H]2[C@]2(Cl)C(Cl)=C(Cl)[C@]3(Cl)C2(Cl)Cl)[C@]2(Cl)C(Cl)=C(Cl)[C@]1(Cl)C2(Cl)Cl. The van der Waals surface area contributed by atoms with Crippen LogP contribution in [-0.2, 0) is 0 Å². The summed E-state index contributed by atoms with van der Waals surface area (Å²) in [6, 6.07) is 5.05. The Morgan fingerprint density at radius 2 is 0.971 bits per heavy atom. The number of nitrogens with one attached hydrogen (secondary N) is 1. The van der Waals surface area contributed by atoms with E-state index in [-0.39, 0.29) is 20.1 Å². The number of rotatable bonds is 1. The Hall–Kier alpha value is 1.94. The topological polar surface area (TPSA) is 32.3 Å². The molecule has 1 aromatic carbocycles. The molecular formula is C20H9Cl12NO. The second-order valence-electron chi connectivity index (χ2n) is 9.21. The van der Waals surface area contributed by atoms with Gasteiger partial charge in [0.05, 0.1) is 25.8 Å². The quantitative estimate of drug-likeness (QED) is 0.226. The molecule has 6 rings (SSSR count). The van der Waals surface area contributed by atoms with Gasteiger partial charge in [0.25, 0.3) is 0 Å². The van der Waals surface area contributed by atoms with Crippen LogP contribution in [0.1, 0.15) is 23.0 Å². The van der Waals surface area contributed by atoms with Crippen LogP contribution in [0.4, 0.5) is 5.69 Å². The lowest BCUT2D eigenvalue weighted by atomic mass is 9.57. The monoisotopic (exact) mass is 699 g/mol. The molecule has 2 nitrogen and oxygen atoms in total. The number of fused-ring (bicyclic) bond motifs is 14. The van der Waals surface area contributed by atoms with Crippen molar-refractivity contribution in [1.82, 2.24) is 0 Å². The first-order chi connectivity index (χ1) is 15.5. The lowest BCUT2D eigenvalue weighted by Crippen LogP contribution is -2.53. The zero-order valence-corrected chi connectivity index (χ0v) is 25.1. The molecule has 1 aromatic rings. The molecule has 0 heterocycles. The van der Waals surface area contributed by atoms with Crippen molar-refractivity contribution in [2.45, 2.75) is 40.0 Å². The third-order valence-corrected chi connectivity index (χ3v) is 16.8. The summed E-state index contributed by atoms with van der Waals surface area (Å²) in [5.41, 5.74) is 3.75. The van der Waals surface area contributed by atoms with Gasteiger partial charge < -0.3 is 0 Å². The van der Waals surface area contributed by atoms with Gasteiger partial charge in [-0.05, 0) is 23.3 Å². The van der Waals surface area contributed by atoms with Gasteiger partial charge in [0.1, 0.15) is 19.5 Å². The predicted octanol–water partition coefficient (Wildman–Crippen LogP) is 9.59. The third-order valence-electron chi connectivity index (χ3n) is 8.26. The molecule has 8 atom stereocenters. The first-order valence-corrected chi connectivity index (χ1v) is 14.2. The minimum Gasteiger partial charge on any atom is -0.291 e. The highest BCUT2D eigenvalue weighted by molar-refractivity contribution is 6.67. The van der Waals surface area contributed by atoms with E-state index in [2.05, 4.69) is 5.48 Å².